The first kappa shape index (κ1) is 27.8. The van der Waals surface area contributed by atoms with Gasteiger partial charge >= 0.3 is 21.5 Å². The van der Waals surface area contributed by atoms with Gasteiger partial charge in [0.15, 0.2) is 0 Å². The van der Waals surface area contributed by atoms with E-state index in [0.717, 1.165) is 23.3 Å². The summed E-state index contributed by atoms with van der Waals surface area (Å²) in [5.74, 6) is -0.411. The van der Waals surface area contributed by atoms with Gasteiger partial charge in [0.1, 0.15) is 5.69 Å². The van der Waals surface area contributed by atoms with E-state index in [1.807, 2.05) is 27.7 Å². The van der Waals surface area contributed by atoms with Gasteiger partial charge in [-0.05, 0) is 49.8 Å². The van der Waals surface area contributed by atoms with Gasteiger partial charge in [0, 0.05) is 18.3 Å². The van der Waals surface area contributed by atoms with Crippen LogP contribution in [0.1, 0.15) is 55.9 Å². The smallest absolute Gasteiger partial charge is 0.460 e. The molecule has 2 aromatic rings. The molecule has 0 amide bonds. The lowest BCUT2D eigenvalue weighted by Crippen LogP contribution is -2.39. The fourth-order valence-electron chi connectivity index (χ4n) is 3.58. The highest BCUT2D eigenvalue weighted by Crippen LogP contribution is 2.41. The minimum absolute atomic E-state index is 0.0455. The van der Waals surface area contributed by atoms with Gasteiger partial charge in [-0.1, -0.05) is 32.1 Å². The minimum atomic E-state index is -5.71. The van der Waals surface area contributed by atoms with Crippen molar-refractivity contribution in [3.63, 3.8) is 0 Å². The number of carbonyl (C=O) groups is 1. The fourth-order valence-corrected chi connectivity index (χ4v) is 4.70. The van der Waals surface area contributed by atoms with Crippen LogP contribution in [0.2, 0.25) is 0 Å². The van der Waals surface area contributed by atoms with Crippen LogP contribution in [-0.2, 0) is 21.2 Å². The van der Waals surface area contributed by atoms with Crippen LogP contribution < -0.4 is 9.62 Å². The van der Waals surface area contributed by atoms with Gasteiger partial charge in [-0.15, -0.1) is 20.4 Å². The first-order valence-corrected chi connectivity index (χ1v) is 13.6. The van der Waals surface area contributed by atoms with Crippen molar-refractivity contribution < 1.29 is 31.1 Å². The van der Waals surface area contributed by atoms with Gasteiger partial charge in [0.25, 0.3) is 5.13 Å². The van der Waals surface area contributed by atoms with Crippen molar-refractivity contribution in [1.29, 1.82) is 0 Å². The van der Waals surface area contributed by atoms with E-state index in [4.69, 9.17) is 4.74 Å². The maximum atomic E-state index is 13.1. The molecule has 0 saturated carbocycles. The predicted octanol–water partition coefficient (Wildman–Crippen LogP) is 5.58. The average Bonchev–Trinajstić information content (AvgIpc) is 3.26. The fraction of sp³-hybridized carbons (Fsp3) is 0.571. The molecule has 1 unspecified atom stereocenters. The van der Waals surface area contributed by atoms with Crippen molar-refractivity contribution in [2.75, 3.05) is 22.8 Å². The van der Waals surface area contributed by atoms with Crippen molar-refractivity contribution in [2.45, 2.75) is 58.5 Å². The summed E-state index contributed by atoms with van der Waals surface area (Å²) < 4.78 is 69.8. The summed E-state index contributed by atoms with van der Waals surface area (Å²) in [6.07, 6.45) is 2.06. The number of carbonyl (C=O) groups excluding carboxylic acids is 1. The summed E-state index contributed by atoms with van der Waals surface area (Å²) in [6.45, 7) is 8.73. The Morgan fingerprint density at radius 2 is 2.03 bits per heavy atom. The molecule has 15 heteroatoms. The van der Waals surface area contributed by atoms with E-state index in [0.29, 0.717) is 25.1 Å². The molecule has 1 aromatic heterocycles. The second kappa shape index (κ2) is 11.1. The number of nitrogens with zero attached hydrogens (tertiary/aromatic N) is 5. The van der Waals surface area contributed by atoms with Gasteiger partial charge in [-0.25, -0.2) is 4.79 Å². The second-order valence-corrected chi connectivity index (χ2v) is 11.3. The number of halogens is 3. The third-order valence-corrected chi connectivity index (χ3v) is 7.14. The summed E-state index contributed by atoms with van der Waals surface area (Å²) in [4.78, 5) is 14.0. The zero-order valence-electron chi connectivity index (χ0n) is 20.2. The number of alkyl halides is 3. The lowest BCUT2D eigenvalue weighted by Gasteiger charge is -2.38. The number of aryl methyl sites for hydroxylation is 1. The zero-order chi connectivity index (χ0) is 26.7. The Bertz CT molecular complexity index is 1230. The van der Waals surface area contributed by atoms with E-state index >= 15 is 0 Å². The summed E-state index contributed by atoms with van der Waals surface area (Å²) in [5, 5.41) is 15.1. The number of esters is 1. The number of hydrogen-bond donors (Lipinski definition) is 1. The molecule has 1 N–H and O–H groups in total. The monoisotopic (exact) mass is 548 g/mol. The number of nitrogens with one attached hydrogen (secondary N) is 1. The molecule has 10 nitrogen and oxygen atoms in total. The molecular weight excluding hydrogens is 521 g/mol. The number of azo groups is 1. The highest BCUT2D eigenvalue weighted by molar-refractivity contribution is 7.93. The van der Waals surface area contributed by atoms with E-state index in [2.05, 4.69) is 25.3 Å². The highest BCUT2D eigenvalue weighted by Gasteiger charge is 2.46. The number of aromatic nitrogens is 2. The molecule has 1 aromatic carbocycles. The summed E-state index contributed by atoms with van der Waals surface area (Å²) in [5.41, 5.74) is -4.57. The molecule has 0 spiro atoms. The van der Waals surface area contributed by atoms with Crippen LogP contribution >= 0.6 is 11.3 Å². The van der Waals surface area contributed by atoms with Crippen LogP contribution in [0, 0.1) is 5.92 Å². The Morgan fingerprint density at radius 1 is 1.31 bits per heavy atom. The maximum Gasteiger partial charge on any atom is 0.516 e. The Kier molecular flexibility index (Phi) is 8.54. The maximum absolute atomic E-state index is 13.1. The molecule has 2 heterocycles. The van der Waals surface area contributed by atoms with E-state index < -0.39 is 21.5 Å². The summed E-state index contributed by atoms with van der Waals surface area (Å²) in [6, 6.07) is 2.99. The number of sulfonamides is 1. The number of rotatable bonds is 9. The van der Waals surface area contributed by atoms with Crippen LogP contribution in [-0.4, -0.2) is 49.3 Å². The zero-order valence-corrected chi connectivity index (χ0v) is 21.8. The van der Waals surface area contributed by atoms with E-state index in [9.17, 15) is 26.4 Å². The third-order valence-electron chi connectivity index (χ3n) is 5.25. The number of hydrogen-bond acceptors (Lipinski definition) is 10. The molecule has 1 atom stereocenters. The molecule has 3 rings (SSSR count). The molecule has 0 aliphatic carbocycles. The molecule has 36 heavy (non-hydrogen) atoms. The molecule has 0 radical (unpaired) electrons. The molecule has 1 aliphatic rings. The van der Waals surface area contributed by atoms with Crippen LogP contribution in [0.3, 0.4) is 0 Å². The molecule has 198 valence electrons. The molecule has 0 bridgehead atoms. The number of benzene rings is 1. The highest BCUT2D eigenvalue weighted by atomic mass is 32.2. The summed E-state index contributed by atoms with van der Waals surface area (Å²) in [7, 11) is -5.71. The number of anilines is 2. The van der Waals surface area contributed by atoms with Crippen molar-refractivity contribution in [2.24, 2.45) is 16.1 Å². The SMILES string of the molecule is CCCOC(=O)c1nnc(N=Nc2cc3c(cc2NS(=O)(=O)C(F)(F)F)N(CC(C)C)C(C)CC3)s1. The van der Waals surface area contributed by atoms with Crippen LogP contribution in [0.5, 0.6) is 0 Å². The van der Waals surface area contributed by atoms with Crippen molar-refractivity contribution in [1.82, 2.24) is 10.2 Å². The number of fused-ring (bicyclic) bond motifs is 1. The summed E-state index contributed by atoms with van der Waals surface area (Å²) >= 11 is 0.786. The lowest BCUT2D eigenvalue weighted by atomic mass is 9.94. The van der Waals surface area contributed by atoms with E-state index in [-0.39, 0.29) is 40.1 Å². The standard InChI is InChI=1S/C21H27F3N6O4S2/c1-5-8-34-19(31)18-26-28-20(35-18)27-25-15-9-14-7-6-13(4)30(11-12(2)3)17(14)10-16(15)29-36(32,33)21(22,23)24/h9-10,12-13,29H,5-8,11H2,1-4H3. The second-order valence-electron chi connectivity index (χ2n) is 8.71. The van der Waals surface area contributed by atoms with Crippen LogP contribution in [0.25, 0.3) is 0 Å². The topological polar surface area (TPSA) is 126 Å². The quantitative estimate of drug-likeness (QED) is 0.320. The van der Waals surface area contributed by atoms with Gasteiger partial charge in [-0.2, -0.15) is 21.6 Å². The van der Waals surface area contributed by atoms with E-state index in [1.165, 1.54) is 12.1 Å². The lowest BCUT2D eigenvalue weighted by molar-refractivity contribution is -0.0429. The Balaban J connectivity index is 2.01. The third kappa shape index (κ3) is 6.49. The molecular formula is C21H27F3N6O4S2. The van der Waals surface area contributed by atoms with Crippen LogP contribution in [0.15, 0.2) is 22.4 Å². The Labute approximate surface area is 211 Å². The van der Waals surface area contributed by atoms with Gasteiger partial charge < -0.3 is 9.64 Å². The van der Waals surface area contributed by atoms with Gasteiger partial charge in [0.05, 0.1) is 12.3 Å². The normalized spacial score (nSPS) is 16.4. The molecule has 0 saturated heterocycles. The van der Waals surface area contributed by atoms with E-state index in [1.54, 1.807) is 4.72 Å². The number of ether oxygens (including phenoxy) is 1. The first-order valence-electron chi connectivity index (χ1n) is 11.3. The largest absolute Gasteiger partial charge is 0.516 e. The van der Waals surface area contributed by atoms with Crippen molar-refractivity contribution in [3.8, 4) is 0 Å². The minimum Gasteiger partial charge on any atom is -0.460 e. The molecule has 1 aliphatic heterocycles. The van der Waals surface area contributed by atoms with Gasteiger partial charge in [-0.3, -0.25) is 4.72 Å². The first-order chi connectivity index (χ1) is 16.8. The Morgan fingerprint density at radius 3 is 2.67 bits per heavy atom. The van der Waals surface area contributed by atoms with Gasteiger partial charge in [0.2, 0.25) is 5.01 Å². The van der Waals surface area contributed by atoms with Crippen LogP contribution in [0.4, 0.5) is 35.4 Å². The molecule has 0 fully saturated rings. The predicted molar refractivity (Wildman–Crippen MR) is 130 cm³/mol. The Hall–Kier alpha value is -2.81. The van der Waals surface area contributed by atoms with Crippen molar-refractivity contribution in [3.05, 3.63) is 22.7 Å². The van der Waals surface area contributed by atoms with Crippen molar-refractivity contribution >= 4 is 49.5 Å². The average molecular weight is 549 g/mol.